The molecule has 2 heterocycles. The number of sulfone groups is 1. The van der Waals surface area contributed by atoms with Crippen LogP contribution in [0.5, 0.6) is 0 Å². The molecule has 1 fully saturated rings. The first-order valence-electron chi connectivity index (χ1n) is 6.72. The maximum absolute atomic E-state index is 11.8. The second kappa shape index (κ2) is 5.94. The van der Waals surface area contributed by atoms with Gasteiger partial charge in [-0.2, -0.15) is 0 Å². The number of nitrogens with one attached hydrogen (secondary N) is 1. The fourth-order valence-electron chi connectivity index (χ4n) is 2.44. The quantitative estimate of drug-likeness (QED) is 0.924. The number of nitrogens with zero attached hydrogens (tertiary/aromatic N) is 1. The van der Waals surface area contributed by atoms with Crippen molar-refractivity contribution in [2.75, 3.05) is 17.6 Å². The van der Waals surface area contributed by atoms with Crippen molar-refractivity contribution in [2.45, 2.75) is 18.1 Å². The van der Waals surface area contributed by atoms with E-state index in [1.165, 1.54) is 11.3 Å². The van der Waals surface area contributed by atoms with Crippen LogP contribution < -0.4 is 5.32 Å². The van der Waals surface area contributed by atoms with Gasteiger partial charge in [0.15, 0.2) is 15.0 Å². The van der Waals surface area contributed by atoms with Gasteiger partial charge in [-0.1, -0.05) is 29.8 Å². The highest BCUT2D eigenvalue weighted by atomic mass is 35.5. The highest BCUT2D eigenvalue weighted by Crippen LogP contribution is 2.30. The van der Waals surface area contributed by atoms with Gasteiger partial charge in [-0.25, -0.2) is 13.4 Å². The number of aromatic nitrogens is 1. The molecular formula is C14H15ClN2O2S2. The van der Waals surface area contributed by atoms with Crippen molar-refractivity contribution < 1.29 is 8.42 Å². The molecule has 0 spiro atoms. The van der Waals surface area contributed by atoms with E-state index in [0.717, 1.165) is 29.2 Å². The van der Waals surface area contributed by atoms with E-state index in [9.17, 15) is 8.42 Å². The molecule has 0 saturated carbocycles. The molecule has 0 radical (unpaired) electrons. The molecule has 0 aliphatic carbocycles. The number of benzene rings is 1. The zero-order valence-electron chi connectivity index (χ0n) is 11.3. The summed E-state index contributed by atoms with van der Waals surface area (Å²) in [5, 5.41) is 6.16. The van der Waals surface area contributed by atoms with Crippen LogP contribution in [0.15, 0.2) is 29.6 Å². The van der Waals surface area contributed by atoms with Gasteiger partial charge < -0.3 is 5.32 Å². The molecule has 0 bridgehead atoms. The lowest BCUT2D eigenvalue weighted by molar-refractivity contribution is 0.591. The summed E-state index contributed by atoms with van der Waals surface area (Å²) in [4.78, 5) is 4.48. The number of hydrogen-bond acceptors (Lipinski definition) is 5. The molecule has 1 atom stereocenters. The van der Waals surface area contributed by atoms with Crippen LogP contribution in [0, 0.1) is 0 Å². The van der Waals surface area contributed by atoms with Gasteiger partial charge in [-0.3, -0.25) is 0 Å². The van der Waals surface area contributed by atoms with Crippen LogP contribution in [0.3, 0.4) is 0 Å². The third kappa shape index (κ3) is 3.22. The predicted molar refractivity (Wildman–Crippen MR) is 87.9 cm³/mol. The van der Waals surface area contributed by atoms with Crippen LogP contribution in [0.2, 0.25) is 5.02 Å². The minimum atomic E-state index is -2.92. The fourth-order valence-corrected chi connectivity index (χ4v) is 5.15. The molecule has 1 aromatic carbocycles. The van der Waals surface area contributed by atoms with Crippen molar-refractivity contribution in [1.29, 1.82) is 0 Å². The normalized spacial score (nSPS) is 20.5. The van der Waals surface area contributed by atoms with Gasteiger partial charge in [0.2, 0.25) is 0 Å². The van der Waals surface area contributed by atoms with Crippen molar-refractivity contribution in [3.05, 3.63) is 34.7 Å². The molecule has 1 aromatic heterocycles. The molecule has 1 aliphatic rings. The number of hydrogen-bond donors (Lipinski definition) is 1. The summed E-state index contributed by atoms with van der Waals surface area (Å²) in [5.74, 6) is 0.308. The number of halogens is 1. The second-order valence-corrected chi connectivity index (χ2v) is 8.70. The number of rotatable bonds is 4. The first-order valence-corrected chi connectivity index (χ1v) is 9.69. The summed E-state index contributed by atoms with van der Waals surface area (Å²) >= 11 is 7.61. The largest absolute Gasteiger partial charge is 0.360 e. The smallest absolute Gasteiger partial charge is 0.183 e. The molecule has 1 unspecified atom stereocenters. The van der Waals surface area contributed by atoms with Crippen LogP contribution in [0.4, 0.5) is 5.13 Å². The van der Waals surface area contributed by atoms with Crippen molar-refractivity contribution in [3.63, 3.8) is 0 Å². The SMILES string of the molecule is O=S1(=O)CCCC1CNc1nc(-c2ccccc2Cl)cs1. The maximum atomic E-state index is 11.8. The van der Waals surface area contributed by atoms with Crippen LogP contribution in [0.25, 0.3) is 11.3 Å². The van der Waals surface area contributed by atoms with Gasteiger partial charge in [-0.15, -0.1) is 11.3 Å². The molecule has 1 aliphatic heterocycles. The Morgan fingerprint density at radius 3 is 2.90 bits per heavy atom. The molecule has 3 rings (SSSR count). The van der Waals surface area contributed by atoms with Crippen LogP contribution in [-0.2, 0) is 9.84 Å². The van der Waals surface area contributed by atoms with Gasteiger partial charge in [0.1, 0.15) is 0 Å². The van der Waals surface area contributed by atoms with E-state index in [-0.39, 0.29) is 5.25 Å². The third-order valence-electron chi connectivity index (χ3n) is 3.60. The lowest BCUT2D eigenvalue weighted by Gasteiger charge is -2.09. The van der Waals surface area contributed by atoms with E-state index in [1.54, 1.807) is 0 Å². The lowest BCUT2D eigenvalue weighted by Crippen LogP contribution is -2.24. The average molecular weight is 343 g/mol. The molecule has 1 N–H and O–H groups in total. The summed E-state index contributed by atoms with van der Waals surface area (Å²) in [6.45, 7) is 0.428. The Hall–Kier alpha value is -1.11. The zero-order chi connectivity index (χ0) is 14.9. The van der Waals surface area contributed by atoms with Crippen molar-refractivity contribution in [2.24, 2.45) is 0 Å². The van der Waals surface area contributed by atoms with Crippen molar-refractivity contribution in [3.8, 4) is 11.3 Å². The number of anilines is 1. The Morgan fingerprint density at radius 1 is 1.38 bits per heavy atom. The van der Waals surface area contributed by atoms with Gasteiger partial charge in [0.05, 0.1) is 16.7 Å². The van der Waals surface area contributed by atoms with Crippen molar-refractivity contribution in [1.82, 2.24) is 4.98 Å². The van der Waals surface area contributed by atoms with E-state index >= 15 is 0 Å². The summed E-state index contributed by atoms with van der Waals surface area (Å²) < 4.78 is 23.6. The van der Waals surface area contributed by atoms with Gasteiger partial charge >= 0.3 is 0 Å². The monoisotopic (exact) mass is 342 g/mol. The highest BCUT2D eigenvalue weighted by Gasteiger charge is 2.31. The number of thiazole rings is 1. The van der Waals surface area contributed by atoms with E-state index in [2.05, 4.69) is 10.3 Å². The van der Waals surface area contributed by atoms with E-state index in [0.29, 0.717) is 17.3 Å². The molecule has 2 aromatic rings. The zero-order valence-corrected chi connectivity index (χ0v) is 13.6. The topological polar surface area (TPSA) is 59.1 Å². The molecule has 7 heteroatoms. The Balaban J connectivity index is 1.70. The molecule has 0 amide bonds. The van der Waals surface area contributed by atoms with Crippen molar-refractivity contribution >= 4 is 37.9 Å². The summed E-state index contributed by atoms with van der Waals surface area (Å²) in [5.41, 5.74) is 1.69. The first kappa shape index (κ1) is 14.8. The summed E-state index contributed by atoms with van der Waals surface area (Å²) in [6, 6.07) is 7.54. The van der Waals surface area contributed by atoms with Crippen LogP contribution in [-0.4, -0.2) is 30.9 Å². The molecule has 21 heavy (non-hydrogen) atoms. The third-order valence-corrected chi connectivity index (χ3v) is 7.00. The van der Waals surface area contributed by atoms with E-state index in [1.807, 2.05) is 29.6 Å². The standard InChI is InChI=1S/C14H15ClN2O2S2/c15-12-6-2-1-5-11(12)13-9-20-14(17-13)16-8-10-4-3-7-21(10,18)19/h1-2,5-6,9-10H,3-4,7-8H2,(H,16,17). The first-order chi connectivity index (χ1) is 10.1. The maximum Gasteiger partial charge on any atom is 0.183 e. The molecule has 1 saturated heterocycles. The molecule has 4 nitrogen and oxygen atoms in total. The van der Waals surface area contributed by atoms with Crippen LogP contribution in [0.1, 0.15) is 12.8 Å². The predicted octanol–water partition coefficient (Wildman–Crippen LogP) is 3.45. The fraction of sp³-hybridized carbons (Fsp3) is 0.357. The molecular weight excluding hydrogens is 328 g/mol. The second-order valence-electron chi connectivity index (χ2n) is 5.03. The Kier molecular flexibility index (Phi) is 4.19. The Labute approximate surface area is 133 Å². The minimum Gasteiger partial charge on any atom is -0.360 e. The summed E-state index contributed by atoms with van der Waals surface area (Å²) in [7, 11) is -2.92. The average Bonchev–Trinajstić information content (AvgIpc) is 3.03. The Bertz CT molecular complexity index is 743. The highest BCUT2D eigenvalue weighted by molar-refractivity contribution is 7.92. The molecule has 112 valence electrons. The Morgan fingerprint density at radius 2 is 2.19 bits per heavy atom. The van der Waals surface area contributed by atoms with Gasteiger partial charge in [0.25, 0.3) is 0 Å². The lowest BCUT2D eigenvalue weighted by atomic mass is 10.2. The minimum absolute atomic E-state index is 0.287. The van der Waals surface area contributed by atoms with Gasteiger partial charge in [-0.05, 0) is 18.9 Å². The van der Waals surface area contributed by atoms with E-state index in [4.69, 9.17) is 11.6 Å². The van der Waals surface area contributed by atoms with Crippen LogP contribution >= 0.6 is 22.9 Å². The summed E-state index contributed by atoms with van der Waals surface area (Å²) in [6.07, 6.45) is 1.50. The van der Waals surface area contributed by atoms with Gasteiger partial charge in [0, 0.05) is 22.5 Å². The van der Waals surface area contributed by atoms with E-state index < -0.39 is 9.84 Å².